The fraction of sp³-hybridized carbons (Fsp3) is 0.188. The Morgan fingerprint density at radius 2 is 1.56 bits per heavy atom. The molecular weight excluding hydrogens is 335 g/mol. The van der Waals surface area contributed by atoms with Crippen LogP contribution in [0.2, 0.25) is 0 Å². The zero-order valence-corrected chi connectivity index (χ0v) is 12.1. The minimum Gasteiger partial charge on any atom is -0.293 e. The van der Waals surface area contributed by atoms with Crippen LogP contribution >= 0.6 is 22.6 Å². The second-order valence-corrected chi connectivity index (χ2v) is 6.03. The van der Waals surface area contributed by atoms with Crippen LogP contribution in [0, 0.1) is 3.57 Å². The first-order chi connectivity index (χ1) is 8.72. The van der Waals surface area contributed by atoms with Crippen molar-refractivity contribution < 1.29 is 4.79 Å². The van der Waals surface area contributed by atoms with Crippen LogP contribution in [0.4, 0.5) is 0 Å². The molecule has 3 rings (SSSR count). The van der Waals surface area contributed by atoms with Gasteiger partial charge >= 0.3 is 0 Å². The normalized spacial score (nSPS) is 16.3. The zero-order chi connectivity index (χ0) is 12.6. The Morgan fingerprint density at radius 1 is 0.944 bits per heavy atom. The molecule has 0 bridgehead atoms. The summed E-state index contributed by atoms with van der Waals surface area (Å²) in [6, 6.07) is 18.0. The molecule has 1 fully saturated rings. The van der Waals surface area contributed by atoms with Crippen LogP contribution in [0.3, 0.4) is 0 Å². The van der Waals surface area contributed by atoms with E-state index < -0.39 is 0 Å². The monoisotopic (exact) mass is 348 g/mol. The first-order valence-corrected chi connectivity index (χ1v) is 7.16. The van der Waals surface area contributed by atoms with Crippen molar-refractivity contribution in [1.82, 2.24) is 0 Å². The van der Waals surface area contributed by atoms with E-state index in [0.29, 0.717) is 0 Å². The Bertz CT molecular complexity index is 568. The first kappa shape index (κ1) is 11.9. The number of carbonyl (C=O) groups is 1. The average Bonchev–Trinajstić information content (AvgIpc) is 3.21. The average molecular weight is 348 g/mol. The highest BCUT2D eigenvalue weighted by atomic mass is 127. The van der Waals surface area contributed by atoms with Crippen molar-refractivity contribution in [1.29, 1.82) is 0 Å². The number of hydrogen-bond donors (Lipinski definition) is 0. The molecule has 1 saturated carbocycles. The summed E-state index contributed by atoms with van der Waals surface area (Å²) in [5, 5.41) is 0. The molecular formula is C16H13IO. The van der Waals surface area contributed by atoms with Crippen molar-refractivity contribution in [3.8, 4) is 0 Å². The minimum atomic E-state index is -0.242. The van der Waals surface area contributed by atoms with E-state index in [4.69, 9.17) is 0 Å². The maximum atomic E-state index is 12.6. The van der Waals surface area contributed by atoms with Crippen LogP contribution in [0.5, 0.6) is 0 Å². The molecule has 0 saturated heterocycles. The molecule has 0 N–H and O–H groups in total. The predicted molar refractivity (Wildman–Crippen MR) is 80.8 cm³/mol. The van der Waals surface area contributed by atoms with Gasteiger partial charge < -0.3 is 0 Å². The number of benzene rings is 2. The Kier molecular flexibility index (Phi) is 2.98. The van der Waals surface area contributed by atoms with E-state index in [-0.39, 0.29) is 11.2 Å². The van der Waals surface area contributed by atoms with Crippen molar-refractivity contribution >= 4 is 28.4 Å². The Balaban J connectivity index is 1.96. The van der Waals surface area contributed by atoms with Gasteiger partial charge in [0, 0.05) is 9.13 Å². The number of ketones is 1. The molecule has 2 aromatic carbocycles. The molecule has 0 aliphatic heterocycles. The first-order valence-electron chi connectivity index (χ1n) is 6.08. The lowest BCUT2D eigenvalue weighted by atomic mass is 9.87. The Hall–Kier alpha value is -1.16. The van der Waals surface area contributed by atoms with E-state index in [1.165, 1.54) is 0 Å². The Morgan fingerprint density at radius 3 is 2.11 bits per heavy atom. The number of hydrogen-bond acceptors (Lipinski definition) is 1. The third-order valence-corrected chi connectivity index (χ3v) is 4.34. The van der Waals surface area contributed by atoms with Crippen molar-refractivity contribution in [3.63, 3.8) is 0 Å². The highest BCUT2D eigenvalue weighted by molar-refractivity contribution is 14.1. The maximum absolute atomic E-state index is 12.6. The maximum Gasteiger partial charge on any atom is 0.173 e. The lowest BCUT2D eigenvalue weighted by Gasteiger charge is -2.14. The number of carbonyl (C=O) groups excluding carboxylic acids is 1. The third kappa shape index (κ3) is 1.99. The summed E-state index contributed by atoms with van der Waals surface area (Å²) in [5.74, 6) is 0.269. The molecule has 0 heterocycles. The molecule has 1 aliphatic carbocycles. The molecule has 2 aromatic rings. The van der Waals surface area contributed by atoms with Gasteiger partial charge in [-0.25, -0.2) is 0 Å². The van der Waals surface area contributed by atoms with Gasteiger partial charge in [0.2, 0.25) is 0 Å². The second kappa shape index (κ2) is 4.50. The van der Waals surface area contributed by atoms with Gasteiger partial charge in [0.25, 0.3) is 0 Å². The fourth-order valence-corrected chi connectivity index (χ4v) is 2.77. The number of Topliss-reactive ketones (excluding diaryl/α,β-unsaturated/α-hetero) is 1. The van der Waals surface area contributed by atoms with E-state index in [1.807, 2.05) is 42.5 Å². The van der Waals surface area contributed by atoms with Gasteiger partial charge in [0.15, 0.2) is 5.78 Å². The van der Waals surface area contributed by atoms with Crippen molar-refractivity contribution in [2.24, 2.45) is 0 Å². The lowest BCUT2D eigenvalue weighted by molar-refractivity contribution is 0.0946. The molecule has 0 spiro atoms. The summed E-state index contributed by atoms with van der Waals surface area (Å²) in [4.78, 5) is 12.6. The summed E-state index contributed by atoms with van der Waals surface area (Å²) in [6.07, 6.45) is 1.95. The van der Waals surface area contributed by atoms with E-state index >= 15 is 0 Å². The quantitative estimate of drug-likeness (QED) is 0.600. The molecule has 18 heavy (non-hydrogen) atoms. The molecule has 0 atom stereocenters. The summed E-state index contributed by atoms with van der Waals surface area (Å²) in [7, 11) is 0. The smallest absolute Gasteiger partial charge is 0.173 e. The van der Waals surface area contributed by atoms with Gasteiger partial charge in [0.05, 0.1) is 5.41 Å². The van der Waals surface area contributed by atoms with Crippen LogP contribution in [-0.2, 0) is 5.41 Å². The van der Waals surface area contributed by atoms with E-state index in [2.05, 4.69) is 34.7 Å². The van der Waals surface area contributed by atoms with Crippen LogP contribution in [0.25, 0.3) is 0 Å². The number of rotatable bonds is 3. The van der Waals surface area contributed by atoms with E-state index in [9.17, 15) is 4.79 Å². The summed E-state index contributed by atoms with van der Waals surface area (Å²) in [5.41, 5.74) is 1.75. The fourth-order valence-electron chi connectivity index (χ4n) is 2.41. The number of halogens is 1. The molecule has 90 valence electrons. The minimum absolute atomic E-state index is 0.242. The summed E-state index contributed by atoms with van der Waals surface area (Å²) in [6.45, 7) is 0. The lowest BCUT2D eigenvalue weighted by Crippen LogP contribution is -2.20. The molecule has 0 unspecified atom stereocenters. The van der Waals surface area contributed by atoms with Crippen molar-refractivity contribution in [3.05, 3.63) is 69.3 Å². The second-order valence-electron chi connectivity index (χ2n) is 4.78. The van der Waals surface area contributed by atoms with E-state index in [0.717, 1.165) is 27.5 Å². The molecule has 0 aromatic heterocycles. The standard InChI is InChI=1S/C16H13IO/c17-14-8-6-12(7-9-14)15(18)16(10-11-16)13-4-2-1-3-5-13/h1-9H,10-11H2. The van der Waals surface area contributed by atoms with E-state index in [1.54, 1.807) is 0 Å². The third-order valence-electron chi connectivity index (χ3n) is 3.62. The molecule has 2 heteroatoms. The van der Waals surface area contributed by atoms with Gasteiger partial charge in [-0.15, -0.1) is 0 Å². The highest BCUT2D eigenvalue weighted by Crippen LogP contribution is 2.50. The summed E-state index contributed by atoms with van der Waals surface area (Å²) >= 11 is 2.26. The van der Waals surface area contributed by atoms with Gasteiger partial charge in [-0.05, 0) is 53.1 Å². The predicted octanol–water partition coefficient (Wildman–Crippen LogP) is 4.21. The molecule has 1 aliphatic rings. The van der Waals surface area contributed by atoms with Crippen LogP contribution in [0.15, 0.2) is 54.6 Å². The zero-order valence-electron chi connectivity index (χ0n) is 9.90. The van der Waals surface area contributed by atoms with Crippen molar-refractivity contribution in [2.75, 3.05) is 0 Å². The topological polar surface area (TPSA) is 17.1 Å². The SMILES string of the molecule is O=C(c1ccc(I)cc1)C1(c2ccccc2)CC1. The van der Waals surface area contributed by atoms with Crippen LogP contribution in [-0.4, -0.2) is 5.78 Å². The molecule has 1 nitrogen and oxygen atoms in total. The summed E-state index contributed by atoms with van der Waals surface area (Å²) < 4.78 is 1.16. The van der Waals surface area contributed by atoms with Gasteiger partial charge in [-0.3, -0.25) is 4.79 Å². The van der Waals surface area contributed by atoms with Crippen LogP contribution in [0.1, 0.15) is 28.8 Å². The van der Waals surface area contributed by atoms with Crippen LogP contribution < -0.4 is 0 Å². The molecule has 0 radical (unpaired) electrons. The largest absolute Gasteiger partial charge is 0.293 e. The van der Waals surface area contributed by atoms with Gasteiger partial charge in [-0.1, -0.05) is 42.5 Å². The van der Waals surface area contributed by atoms with Gasteiger partial charge in [0.1, 0.15) is 0 Å². The highest BCUT2D eigenvalue weighted by Gasteiger charge is 2.50. The van der Waals surface area contributed by atoms with Crippen molar-refractivity contribution in [2.45, 2.75) is 18.3 Å². The van der Waals surface area contributed by atoms with Gasteiger partial charge in [-0.2, -0.15) is 0 Å². The Labute approximate surface area is 120 Å². The molecule has 0 amide bonds.